The van der Waals surface area contributed by atoms with Crippen molar-refractivity contribution in [2.75, 3.05) is 12.9 Å². The molecule has 0 atom stereocenters. The Morgan fingerprint density at radius 2 is 1.82 bits per heavy atom. The molecule has 118 valence electrons. The van der Waals surface area contributed by atoms with Gasteiger partial charge in [-0.1, -0.05) is 24.3 Å². The first-order valence-corrected chi connectivity index (χ1v) is 8.48. The fraction of sp³-hybridized carbons (Fsp3) is 0.250. The SMILES string of the molecule is COc1cccc(CCS(=O)(=O)NCc2ccc(F)cc2)c1. The highest BCUT2D eigenvalue weighted by Gasteiger charge is 2.10. The molecule has 0 saturated carbocycles. The summed E-state index contributed by atoms with van der Waals surface area (Å²) < 4.78 is 44.4. The highest BCUT2D eigenvalue weighted by Crippen LogP contribution is 2.13. The summed E-state index contributed by atoms with van der Waals surface area (Å²) in [5, 5.41) is 0. The fourth-order valence-corrected chi connectivity index (χ4v) is 2.98. The molecule has 0 unspecified atom stereocenters. The predicted octanol–water partition coefficient (Wildman–Crippen LogP) is 2.50. The number of methoxy groups -OCH3 is 1. The third-order valence-electron chi connectivity index (χ3n) is 3.20. The molecule has 6 heteroatoms. The maximum absolute atomic E-state index is 12.8. The summed E-state index contributed by atoms with van der Waals surface area (Å²) in [5.74, 6) is 0.347. The Balaban J connectivity index is 1.89. The lowest BCUT2D eigenvalue weighted by Crippen LogP contribution is -2.26. The second-order valence-corrected chi connectivity index (χ2v) is 6.79. The van der Waals surface area contributed by atoms with Crippen LogP contribution >= 0.6 is 0 Å². The lowest BCUT2D eigenvalue weighted by Gasteiger charge is -2.08. The van der Waals surface area contributed by atoms with Gasteiger partial charge in [-0.3, -0.25) is 0 Å². The van der Waals surface area contributed by atoms with Crippen molar-refractivity contribution >= 4 is 10.0 Å². The average molecular weight is 323 g/mol. The molecular formula is C16H18FNO3S. The zero-order valence-corrected chi connectivity index (χ0v) is 13.1. The van der Waals surface area contributed by atoms with Crippen LogP contribution in [-0.4, -0.2) is 21.3 Å². The second kappa shape index (κ2) is 7.38. The Kier molecular flexibility index (Phi) is 5.51. The fourth-order valence-electron chi connectivity index (χ4n) is 1.95. The molecule has 0 aliphatic rings. The van der Waals surface area contributed by atoms with Gasteiger partial charge in [0, 0.05) is 6.54 Å². The first kappa shape index (κ1) is 16.5. The first-order valence-electron chi connectivity index (χ1n) is 6.83. The number of sulfonamides is 1. The highest BCUT2D eigenvalue weighted by atomic mass is 32.2. The summed E-state index contributed by atoms with van der Waals surface area (Å²) in [6, 6.07) is 13.0. The molecule has 0 amide bonds. The van der Waals surface area contributed by atoms with E-state index in [0.29, 0.717) is 17.7 Å². The van der Waals surface area contributed by atoms with E-state index in [2.05, 4.69) is 4.72 Å². The van der Waals surface area contributed by atoms with Crippen LogP contribution in [-0.2, 0) is 23.0 Å². The summed E-state index contributed by atoms with van der Waals surface area (Å²) in [6.45, 7) is 0.153. The Morgan fingerprint density at radius 1 is 1.09 bits per heavy atom. The molecule has 0 heterocycles. The summed E-state index contributed by atoms with van der Waals surface area (Å²) >= 11 is 0. The van der Waals surface area contributed by atoms with Crippen molar-refractivity contribution in [2.45, 2.75) is 13.0 Å². The molecule has 0 radical (unpaired) electrons. The number of ether oxygens (including phenoxy) is 1. The van der Waals surface area contributed by atoms with Crippen molar-refractivity contribution in [3.8, 4) is 5.75 Å². The molecule has 2 aromatic rings. The summed E-state index contributed by atoms with van der Waals surface area (Å²) in [7, 11) is -1.82. The first-order chi connectivity index (χ1) is 10.5. The number of benzene rings is 2. The van der Waals surface area contributed by atoms with Gasteiger partial charge in [-0.05, 0) is 41.8 Å². The molecule has 2 aromatic carbocycles. The molecule has 0 fully saturated rings. The van der Waals surface area contributed by atoms with E-state index in [4.69, 9.17) is 4.74 Å². The van der Waals surface area contributed by atoms with Gasteiger partial charge in [-0.15, -0.1) is 0 Å². The third kappa shape index (κ3) is 5.13. The van der Waals surface area contributed by atoms with Gasteiger partial charge < -0.3 is 4.74 Å². The normalized spacial score (nSPS) is 11.4. The van der Waals surface area contributed by atoms with E-state index in [0.717, 1.165) is 5.56 Å². The minimum absolute atomic E-state index is 0.0125. The Bertz CT molecular complexity index is 714. The van der Waals surface area contributed by atoms with Gasteiger partial charge in [0.2, 0.25) is 10.0 Å². The summed E-state index contributed by atoms with van der Waals surface area (Å²) in [5.41, 5.74) is 1.61. The molecule has 0 aliphatic heterocycles. The lowest BCUT2D eigenvalue weighted by molar-refractivity contribution is 0.414. The Hall–Kier alpha value is -1.92. The number of hydrogen-bond acceptors (Lipinski definition) is 3. The number of hydrogen-bond donors (Lipinski definition) is 1. The number of aryl methyl sites for hydroxylation is 1. The summed E-state index contributed by atoms with van der Waals surface area (Å²) in [4.78, 5) is 0. The smallest absolute Gasteiger partial charge is 0.212 e. The van der Waals surface area contributed by atoms with E-state index < -0.39 is 10.0 Å². The van der Waals surface area contributed by atoms with E-state index in [9.17, 15) is 12.8 Å². The van der Waals surface area contributed by atoms with Gasteiger partial charge in [-0.2, -0.15) is 0 Å². The molecule has 0 spiro atoms. The van der Waals surface area contributed by atoms with Crippen molar-refractivity contribution in [3.63, 3.8) is 0 Å². The Labute approximate surface area is 130 Å². The van der Waals surface area contributed by atoms with E-state index in [1.54, 1.807) is 19.2 Å². The minimum Gasteiger partial charge on any atom is -0.497 e. The molecule has 0 saturated heterocycles. The van der Waals surface area contributed by atoms with Crippen LogP contribution in [0, 0.1) is 5.82 Å². The molecule has 4 nitrogen and oxygen atoms in total. The van der Waals surface area contributed by atoms with Crippen LogP contribution in [0.2, 0.25) is 0 Å². The maximum atomic E-state index is 12.8. The molecule has 0 aromatic heterocycles. The van der Waals surface area contributed by atoms with Gasteiger partial charge in [0.25, 0.3) is 0 Å². The number of nitrogens with one attached hydrogen (secondary N) is 1. The van der Waals surface area contributed by atoms with Crippen molar-refractivity contribution in [2.24, 2.45) is 0 Å². The lowest BCUT2D eigenvalue weighted by atomic mass is 10.2. The van der Waals surface area contributed by atoms with Gasteiger partial charge in [0.05, 0.1) is 12.9 Å². The van der Waals surface area contributed by atoms with Gasteiger partial charge in [0.15, 0.2) is 0 Å². The van der Waals surface area contributed by atoms with Gasteiger partial charge in [-0.25, -0.2) is 17.5 Å². The van der Waals surface area contributed by atoms with Crippen LogP contribution in [0.25, 0.3) is 0 Å². The van der Waals surface area contributed by atoms with Crippen LogP contribution in [0.15, 0.2) is 48.5 Å². The highest BCUT2D eigenvalue weighted by molar-refractivity contribution is 7.89. The van der Waals surface area contributed by atoms with E-state index in [-0.39, 0.29) is 18.1 Å². The largest absolute Gasteiger partial charge is 0.497 e. The molecule has 2 rings (SSSR count). The Morgan fingerprint density at radius 3 is 2.50 bits per heavy atom. The van der Waals surface area contributed by atoms with Crippen LogP contribution in [0.4, 0.5) is 4.39 Å². The van der Waals surface area contributed by atoms with Crippen LogP contribution < -0.4 is 9.46 Å². The number of rotatable bonds is 7. The van der Waals surface area contributed by atoms with Crippen LogP contribution in [0.1, 0.15) is 11.1 Å². The van der Waals surface area contributed by atoms with Crippen LogP contribution in [0.3, 0.4) is 0 Å². The maximum Gasteiger partial charge on any atom is 0.212 e. The van der Waals surface area contributed by atoms with Crippen molar-refractivity contribution in [1.82, 2.24) is 4.72 Å². The van der Waals surface area contributed by atoms with Crippen molar-refractivity contribution < 1.29 is 17.5 Å². The zero-order valence-electron chi connectivity index (χ0n) is 12.3. The second-order valence-electron chi connectivity index (χ2n) is 4.87. The predicted molar refractivity (Wildman–Crippen MR) is 83.7 cm³/mol. The quantitative estimate of drug-likeness (QED) is 0.852. The van der Waals surface area contributed by atoms with E-state index in [1.807, 2.05) is 24.3 Å². The van der Waals surface area contributed by atoms with Gasteiger partial charge >= 0.3 is 0 Å². The molecule has 0 bridgehead atoms. The number of halogens is 1. The summed E-state index contributed by atoms with van der Waals surface area (Å²) in [6.07, 6.45) is 0.399. The van der Waals surface area contributed by atoms with Crippen molar-refractivity contribution in [1.29, 1.82) is 0 Å². The zero-order chi connectivity index (χ0) is 16.0. The third-order valence-corrected chi connectivity index (χ3v) is 4.53. The van der Waals surface area contributed by atoms with Crippen LogP contribution in [0.5, 0.6) is 5.75 Å². The van der Waals surface area contributed by atoms with Crippen molar-refractivity contribution in [3.05, 3.63) is 65.5 Å². The van der Waals surface area contributed by atoms with E-state index in [1.165, 1.54) is 12.1 Å². The van der Waals surface area contributed by atoms with Gasteiger partial charge in [0.1, 0.15) is 11.6 Å². The topological polar surface area (TPSA) is 55.4 Å². The molecule has 1 N–H and O–H groups in total. The molecular weight excluding hydrogens is 305 g/mol. The molecule has 0 aliphatic carbocycles. The average Bonchev–Trinajstić information content (AvgIpc) is 2.53. The minimum atomic E-state index is -3.39. The molecule has 22 heavy (non-hydrogen) atoms. The monoisotopic (exact) mass is 323 g/mol. The van der Waals surface area contributed by atoms with E-state index >= 15 is 0 Å². The standard InChI is InChI=1S/C16H18FNO3S/c1-21-16-4-2-3-13(11-16)9-10-22(19,20)18-12-14-5-7-15(17)8-6-14/h2-8,11,18H,9-10,12H2,1H3.